The Morgan fingerprint density at radius 2 is 2.03 bits per heavy atom. The molecule has 172 valence electrons. The number of rotatable bonds is 11. The maximum atomic E-state index is 9.54. The van der Waals surface area contributed by atoms with Crippen LogP contribution in [0.25, 0.3) is 5.57 Å². The van der Waals surface area contributed by atoms with E-state index < -0.39 is 0 Å². The van der Waals surface area contributed by atoms with Gasteiger partial charge < -0.3 is 21.1 Å². The molecule has 0 saturated heterocycles. The van der Waals surface area contributed by atoms with E-state index in [1.807, 2.05) is 50.3 Å². The zero-order valence-corrected chi connectivity index (χ0v) is 19.2. The van der Waals surface area contributed by atoms with Gasteiger partial charge in [0.1, 0.15) is 5.69 Å². The van der Waals surface area contributed by atoms with Gasteiger partial charge in [-0.25, -0.2) is 0 Å². The van der Waals surface area contributed by atoms with Crippen LogP contribution in [0.3, 0.4) is 0 Å². The Labute approximate surface area is 195 Å². The van der Waals surface area contributed by atoms with Crippen molar-refractivity contribution in [2.45, 2.75) is 32.7 Å². The molecule has 2 aromatic heterocycles. The van der Waals surface area contributed by atoms with Crippen molar-refractivity contribution < 1.29 is 5.11 Å². The lowest BCUT2D eigenvalue weighted by Gasteiger charge is -2.18. The fourth-order valence-electron chi connectivity index (χ4n) is 3.27. The second-order valence-electron chi connectivity index (χ2n) is 7.42. The molecule has 0 fully saturated rings. The summed E-state index contributed by atoms with van der Waals surface area (Å²) in [5.74, 6) is 1.56. The maximum Gasteiger partial charge on any atom is 0.227 e. The molecule has 1 aliphatic carbocycles. The zero-order chi connectivity index (χ0) is 23.5. The summed E-state index contributed by atoms with van der Waals surface area (Å²) < 4.78 is 0. The average Bonchev–Trinajstić information content (AvgIpc) is 2.82. The van der Waals surface area contributed by atoms with E-state index >= 15 is 0 Å². The minimum Gasteiger partial charge on any atom is -0.394 e. The Morgan fingerprint density at radius 3 is 2.70 bits per heavy atom. The molecule has 3 rings (SSSR count). The molecule has 0 aromatic carbocycles. The number of nitrogens with one attached hydrogen (secondary N) is 3. The lowest BCUT2D eigenvalue weighted by atomic mass is 10.0. The monoisotopic (exact) mass is 445 g/mol. The number of hydrogen-bond acceptors (Lipinski definition) is 8. The number of allylic oxidation sites excluding steroid dienone is 3. The topological polar surface area (TPSA) is 107 Å². The molecule has 1 aliphatic rings. The highest BCUT2D eigenvalue weighted by Crippen LogP contribution is 2.32. The fraction of sp³-hybridized carbons (Fsp3) is 0.320. The molecule has 8 nitrogen and oxygen atoms in total. The standard InChI is InChI=1S/C25H31N7O/c1-4-20(17-33)30-25-31-23(27-5-2)22(26-3)24(32-25)29-16-18-10-8-12-19(13-9-11-18)21-14-6-7-15-28-21/h6-10,13-15,20,33H,3-5,12,16-17H2,1-2H3,(H3,27,29,30,31,32)/b10-8-,19-13+. The molecule has 0 aliphatic heterocycles. The highest BCUT2D eigenvalue weighted by molar-refractivity contribution is 5.77. The third kappa shape index (κ3) is 6.62. The van der Waals surface area contributed by atoms with Gasteiger partial charge in [0.15, 0.2) is 11.6 Å². The number of hydrogen-bond donors (Lipinski definition) is 4. The first-order valence-corrected chi connectivity index (χ1v) is 11.1. The minimum atomic E-state index is -0.130. The Balaban J connectivity index is 1.83. The summed E-state index contributed by atoms with van der Waals surface area (Å²) in [6, 6.07) is 5.78. The van der Waals surface area contributed by atoms with Gasteiger partial charge in [0, 0.05) is 24.9 Å². The summed E-state index contributed by atoms with van der Waals surface area (Å²) in [7, 11) is 0. The van der Waals surface area contributed by atoms with E-state index in [4.69, 9.17) is 0 Å². The van der Waals surface area contributed by atoms with Gasteiger partial charge >= 0.3 is 0 Å². The third-order valence-electron chi connectivity index (χ3n) is 5.08. The van der Waals surface area contributed by atoms with Crippen molar-refractivity contribution in [2.24, 2.45) is 4.99 Å². The van der Waals surface area contributed by atoms with Crippen LogP contribution in [-0.4, -0.2) is 52.5 Å². The molecule has 4 N–H and O–H groups in total. The minimum absolute atomic E-state index is 0.00287. The van der Waals surface area contributed by atoms with Crippen LogP contribution >= 0.6 is 0 Å². The number of aliphatic hydroxyl groups excluding tert-OH is 1. The van der Waals surface area contributed by atoms with Gasteiger partial charge in [-0.05, 0) is 56.3 Å². The lowest BCUT2D eigenvalue weighted by Crippen LogP contribution is -2.24. The summed E-state index contributed by atoms with van der Waals surface area (Å²) in [4.78, 5) is 17.7. The zero-order valence-electron chi connectivity index (χ0n) is 19.2. The Bertz CT molecular complexity index is 1070. The highest BCUT2D eigenvalue weighted by atomic mass is 16.3. The van der Waals surface area contributed by atoms with E-state index in [0.29, 0.717) is 36.4 Å². The van der Waals surface area contributed by atoms with Gasteiger partial charge in [0.25, 0.3) is 0 Å². The number of anilines is 3. The molecule has 2 heterocycles. The summed E-state index contributed by atoms with van der Waals surface area (Å²) in [5.41, 5.74) is 6.95. The predicted octanol–water partition coefficient (Wildman–Crippen LogP) is 4.36. The first kappa shape index (κ1) is 23.9. The molecule has 0 amide bonds. The van der Waals surface area contributed by atoms with Crippen molar-refractivity contribution in [2.75, 3.05) is 35.6 Å². The Kier molecular flexibility index (Phi) is 8.94. The number of pyridine rings is 1. The Hall–Kier alpha value is -3.74. The van der Waals surface area contributed by atoms with Gasteiger partial charge in [-0.2, -0.15) is 9.97 Å². The molecule has 1 unspecified atom stereocenters. The molecule has 1 atom stereocenters. The number of aliphatic hydroxyl groups is 1. The molecule has 33 heavy (non-hydrogen) atoms. The van der Waals surface area contributed by atoms with Crippen LogP contribution in [-0.2, 0) is 0 Å². The second-order valence-corrected chi connectivity index (χ2v) is 7.42. The SMILES string of the molecule is C=Nc1c(NCC)nc(NC(CC)CO)nc1NCC1=C=C/C=C(/c2ccccn2)C/C=C\1. The first-order chi connectivity index (χ1) is 16.2. The van der Waals surface area contributed by atoms with Crippen LogP contribution in [0.1, 0.15) is 32.4 Å². The van der Waals surface area contributed by atoms with Gasteiger partial charge in [-0.3, -0.25) is 9.98 Å². The smallest absolute Gasteiger partial charge is 0.227 e. The Morgan fingerprint density at radius 1 is 1.21 bits per heavy atom. The third-order valence-corrected chi connectivity index (χ3v) is 5.08. The molecule has 2 aromatic rings. The van der Waals surface area contributed by atoms with E-state index in [1.165, 1.54) is 0 Å². The van der Waals surface area contributed by atoms with E-state index in [1.54, 1.807) is 6.20 Å². The number of aliphatic imine (C=N–C) groups is 1. The molecular weight excluding hydrogens is 414 g/mol. The molecule has 0 radical (unpaired) electrons. The summed E-state index contributed by atoms with van der Waals surface area (Å²) in [6.07, 6.45) is 11.4. The van der Waals surface area contributed by atoms with Crippen molar-refractivity contribution in [3.63, 3.8) is 0 Å². The van der Waals surface area contributed by atoms with E-state index in [2.05, 4.69) is 54.4 Å². The van der Waals surface area contributed by atoms with Gasteiger partial charge in [-0.1, -0.05) is 25.1 Å². The van der Waals surface area contributed by atoms with Crippen molar-refractivity contribution in [3.8, 4) is 0 Å². The summed E-state index contributed by atoms with van der Waals surface area (Å²) in [6.45, 7) is 8.84. The summed E-state index contributed by atoms with van der Waals surface area (Å²) >= 11 is 0. The second kappa shape index (κ2) is 12.3. The van der Waals surface area contributed by atoms with Gasteiger partial charge in [0.05, 0.1) is 18.3 Å². The van der Waals surface area contributed by atoms with Crippen LogP contribution in [0.5, 0.6) is 0 Å². The quantitative estimate of drug-likeness (QED) is 0.301. The van der Waals surface area contributed by atoms with Crippen LogP contribution in [0.2, 0.25) is 0 Å². The highest BCUT2D eigenvalue weighted by Gasteiger charge is 2.15. The average molecular weight is 446 g/mol. The van der Waals surface area contributed by atoms with Gasteiger partial charge in [-0.15, -0.1) is 5.73 Å². The van der Waals surface area contributed by atoms with Gasteiger partial charge in [0.2, 0.25) is 5.95 Å². The van der Waals surface area contributed by atoms with E-state index in [9.17, 15) is 5.11 Å². The van der Waals surface area contributed by atoms with Crippen LogP contribution in [0.15, 0.2) is 65.0 Å². The molecule has 0 saturated carbocycles. The summed E-state index contributed by atoms with van der Waals surface area (Å²) in [5, 5.41) is 19.3. The number of nitrogens with zero attached hydrogens (tertiary/aromatic N) is 4. The largest absolute Gasteiger partial charge is 0.394 e. The normalized spacial score (nSPS) is 16.5. The van der Waals surface area contributed by atoms with Crippen molar-refractivity contribution in [1.82, 2.24) is 15.0 Å². The number of aromatic nitrogens is 3. The fourth-order valence-corrected chi connectivity index (χ4v) is 3.27. The lowest BCUT2D eigenvalue weighted by molar-refractivity contribution is 0.271. The van der Waals surface area contributed by atoms with Crippen molar-refractivity contribution >= 4 is 35.6 Å². The molecule has 0 spiro atoms. The molecular formula is C25H31N7O. The first-order valence-electron chi connectivity index (χ1n) is 11.1. The van der Waals surface area contributed by atoms with Crippen molar-refractivity contribution in [3.05, 3.63) is 65.7 Å². The van der Waals surface area contributed by atoms with E-state index in [0.717, 1.165) is 29.7 Å². The van der Waals surface area contributed by atoms with E-state index in [-0.39, 0.29) is 12.6 Å². The predicted molar refractivity (Wildman–Crippen MR) is 136 cm³/mol. The van der Waals surface area contributed by atoms with Crippen LogP contribution in [0, 0.1) is 0 Å². The maximum absolute atomic E-state index is 9.54. The molecule has 0 bridgehead atoms. The van der Waals surface area contributed by atoms with Crippen LogP contribution in [0.4, 0.5) is 23.3 Å². The molecule has 8 heteroatoms. The van der Waals surface area contributed by atoms with Crippen molar-refractivity contribution in [1.29, 1.82) is 0 Å². The van der Waals surface area contributed by atoms with Crippen LogP contribution < -0.4 is 16.0 Å².